The van der Waals surface area contributed by atoms with E-state index in [4.69, 9.17) is 0 Å². The van der Waals surface area contributed by atoms with Gasteiger partial charge in [0.25, 0.3) is 0 Å². The van der Waals surface area contributed by atoms with Crippen LogP contribution >= 0.6 is 27.3 Å². The van der Waals surface area contributed by atoms with Crippen molar-refractivity contribution >= 4 is 33.0 Å². The van der Waals surface area contributed by atoms with Gasteiger partial charge < -0.3 is 4.90 Å². The highest BCUT2D eigenvalue weighted by atomic mass is 79.9. The molecule has 1 aromatic rings. The lowest BCUT2D eigenvalue weighted by molar-refractivity contribution is 0.311. The van der Waals surface area contributed by atoms with Gasteiger partial charge in [-0.15, -0.1) is 11.3 Å². The van der Waals surface area contributed by atoms with Gasteiger partial charge in [-0.25, -0.2) is 0 Å². The first-order valence-electron chi connectivity index (χ1n) is 6.67. The average molecular weight is 328 g/mol. The van der Waals surface area contributed by atoms with Crippen LogP contribution in [0.15, 0.2) is 21.3 Å². The third-order valence-corrected chi connectivity index (χ3v) is 5.32. The van der Waals surface area contributed by atoms with Gasteiger partial charge in [0.05, 0.1) is 3.79 Å². The topological polar surface area (TPSA) is 3.24 Å². The molecule has 0 bridgehead atoms. The van der Waals surface area contributed by atoms with Gasteiger partial charge in [-0.05, 0) is 53.6 Å². The van der Waals surface area contributed by atoms with E-state index >= 15 is 0 Å². The molecule has 0 saturated carbocycles. The second-order valence-corrected chi connectivity index (χ2v) is 8.11. The number of hydrogen-bond acceptors (Lipinski definition) is 2. The number of halogens is 1. The van der Waals surface area contributed by atoms with Crippen molar-refractivity contribution in [3.63, 3.8) is 0 Å². The van der Waals surface area contributed by atoms with Crippen molar-refractivity contribution in [3.05, 3.63) is 26.9 Å². The van der Waals surface area contributed by atoms with Crippen LogP contribution in [0, 0.1) is 5.41 Å². The van der Waals surface area contributed by atoms with Crippen LogP contribution in [0.3, 0.4) is 0 Å². The molecule has 0 amide bonds. The van der Waals surface area contributed by atoms with Crippen LogP contribution in [-0.2, 0) is 0 Å². The van der Waals surface area contributed by atoms with E-state index in [1.165, 1.54) is 47.4 Å². The highest BCUT2D eigenvalue weighted by molar-refractivity contribution is 9.11. The molecule has 1 fully saturated rings. The molecule has 0 N–H and O–H groups in total. The summed E-state index contributed by atoms with van der Waals surface area (Å²) in [6, 6.07) is 2.23. The van der Waals surface area contributed by atoms with Crippen molar-refractivity contribution in [1.29, 1.82) is 0 Å². The zero-order valence-corrected chi connectivity index (χ0v) is 13.9. The minimum Gasteiger partial charge on any atom is -0.371 e. The van der Waals surface area contributed by atoms with Crippen LogP contribution < -0.4 is 0 Å². The number of allylic oxidation sites excluding steroid dienone is 1. The average Bonchev–Trinajstić information content (AvgIpc) is 2.64. The molecule has 0 aliphatic carbocycles. The Labute approximate surface area is 123 Å². The van der Waals surface area contributed by atoms with Gasteiger partial charge in [-0.2, -0.15) is 0 Å². The highest BCUT2D eigenvalue weighted by Gasteiger charge is 2.24. The molecule has 1 aliphatic heterocycles. The summed E-state index contributed by atoms with van der Waals surface area (Å²) in [4.78, 5) is 2.56. The van der Waals surface area contributed by atoms with Crippen molar-refractivity contribution < 1.29 is 0 Å². The molecule has 0 unspecified atom stereocenters. The maximum absolute atomic E-state index is 3.56. The fourth-order valence-electron chi connectivity index (χ4n) is 2.64. The summed E-state index contributed by atoms with van der Waals surface area (Å²) in [6.07, 6.45) is 6.19. The summed E-state index contributed by atoms with van der Waals surface area (Å²) in [7, 11) is 0. The molecular formula is C15H22BrNS. The monoisotopic (exact) mass is 327 g/mol. The summed E-state index contributed by atoms with van der Waals surface area (Å²) < 4.78 is 1.21. The first kappa shape index (κ1) is 14.1. The van der Waals surface area contributed by atoms with E-state index in [0.29, 0.717) is 5.41 Å². The fourth-order valence-corrected chi connectivity index (χ4v) is 3.79. The van der Waals surface area contributed by atoms with Crippen LogP contribution in [0.4, 0.5) is 0 Å². The van der Waals surface area contributed by atoms with Crippen molar-refractivity contribution in [1.82, 2.24) is 4.90 Å². The van der Waals surface area contributed by atoms with Crippen molar-refractivity contribution in [3.8, 4) is 0 Å². The Morgan fingerprint density at radius 1 is 1.39 bits per heavy atom. The Balaban J connectivity index is 2.14. The Morgan fingerprint density at radius 2 is 2.17 bits per heavy atom. The van der Waals surface area contributed by atoms with Crippen LogP contribution in [-0.4, -0.2) is 18.0 Å². The maximum atomic E-state index is 3.56. The molecule has 1 nitrogen and oxygen atoms in total. The molecule has 2 rings (SSSR count). The largest absolute Gasteiger partial charge is 0.371 e. The zero-order valence-electron chi connectivity index (χ0n) is 11.5. The lowest BCUT2D eigenvalue weighted by Gasteiger charge is -2.26. The highest BCUT2D eigenvalue weighted by Crippen LogP contribution is 2.34. The van der Waals surface area contributed by atoms with E-state index in [9.17, 15) is 0 Å². The van der Waals surface area contributed by atoms with Gasteiger partial charge in [0.15, 0.2) is 0 Å². The van der Waals surface area contributed by atoms with E-state index in [0.717, 1.165) is 0 Å². The minimum absolute atomic E-state index is 0.503. The van der Waals surface area contributed by atoms with E-state index in [-0.39, 0.29) is 0 Å². The van der Waals surface area contributed by atoms with Crippen LogP contribution in [0.1, 0.15) is 45.6 Å². The van der Waals surface area contributed by atoms with E-state index < -0.39 is 0 Å². The van der Waals surface area contributed by atoms with E-state index in [1.54, 1.807) is 11.3 Å². The Morgan fingerprint density at radius 3 is 2.78 bits per heavy atom. The lowest BCUT2D eigenvalue weighted by atomic mass is 9.85. The second-order valence-electron chi connectivity index (χ2n) is 5.82. The van der Waals surface area contributed by atoms with Crippen LogP contribution in [0.5, 0.6) is 0 Å². The molecule has 2 heterocycles. The van der Waals surface area contributed by atoms with Gasteiger partial charge in [-0.3, -0.25) is 0 Å². The number of thiophene rings is 1. The number of nitrogens with zero attached hydrogens (tertiary/aromatic N) is 1. The zero-order chi connectivity index (χ0) is 13.2. The Bertz CT molecular complexity index is 433. The molecule has 100 valence electrons. The second kappa shape index (κ2) is 5.79. The third-order valence-electron chi connectivity index (χ3n) is 3.82. The van der Waals surface area contributed by atoms with Crippen molar-refractivity contribution in [2.45, 2.75) is 40.0 Å². The standard InChI is InChI=1S/C15H22BrNS/c1-4-13(12-10-14(16)18-11-12)17-8-5-6-15(2,3)7-9-17/h4,10-11H,5-9H2,1-3H3/b13-4+. The molecule has 1 saturated heterocycles. The molecule has 0 aromatic carbocycles. The SMILES string of the molecule is C/C=C(\c1csc(Br)c1)N1CCCC(C)(C)CC1. The Kier molecular flexibility index (Phi) is 4.54. The number of hydrogen-bond donors (Lipinski definition) is 0. The maximum Gasteiger partial charge on any atom is 0.0705 e. The molecule has 0 atom stereocenters. The molecule has 0 radical (unpaired) electrons. The summed E-state index contributed by atoms with van der Waals surface area (Å²) >= 11 is 5.33. The summed E-state index contributed by atoms with van der Waals surface area (Å²) in [5.41, 5.74) is 3.26. The number of rotatable bonds is 2. The summed E-state index contributed by atoms with van der Waals surface area (Å²) in [5, 5.41) is 2.25. The van der Waals surface area contributed by atoms with Crippen molar-refractivity contribution in [2.24, 2.45) is 5.41 Å². The summed E-state index contributed by atoms with van der Waals surface area (Å²) in [6.45, 7) is 9.31. The summed E-state index contributed by atoms with van der Waals surface area (Å²) in [5.74, 6) is 0. The Hall–Kier alpha value is -0.280. The minimum atomic E-state index is 0.503. The predicted molar refractivity (Wildman–Crippen MR) is 84.9 cm³/mol. The van der Waals surface area contributed by atoms with Crippen LogP contribution in [0.25, 0.3) is 5.70 Å². The molecule has 18 heavy (non-hydrogen) atoms. The predicted octanol–water partition coefficient (Wildman–Crippen LogP) is 5.38. The van der Waals surface area contributed by atoms with Crippen LogP contribution in [0.2, 0.25) is 0 Å². The normalized spacial score (nSPS) is 20.9. The fraction of sp³-hybridized carbons (Fsp3) is 0.600. The van der Waals surface area contributed by atoms with E-state index in [1.807, 2.05) is 0 Å². The molecule has 0 spiro atoms. The van der Waals surface area contributed by atoms with Gasteiger partial charge in [0.1, 0.15) is 0 Å². The first-order valence-corrected chi connectivity index (χ1v) is 8.35. The number of likely N-dealkylation sites (tertiary alicyclic amines) is 1. The van der Waals surface area contributed by atoms with Gasteiger partial charge in [0.2, 0.25) is 0 Å². The van der Waals surface area contributed by atoms with Gasteiger partial charge in [0, 0.05) is 29.7 Å². The molecular weight excluding hydrogens is 306 g/mol. The van der Waals surface area contributed by atoms with Crippen molar-refractivity contribution in [2.75, 3.05) is 13.1 Å². The smallest absolute Gasteiger partial charge is 0.0705 e. The van der Waals surface area contributed by atoms with E-state index in [2.05, 4.69) is 59.1 Å². The molecule has 3 heteroatoms. The molecule has 1 aliphatic rings. The first-order chi connectivity index (χ1) is 8.52. The molecule has 1 aromatic heterocycles. The quantitative estimate of drug-likeness (QED) is 0.704. The third kappa shape index (κ3) is 3.39. The van der Waals surface area contributed by atoms with Gasteiger partial charge >= 0.3 is 0 Å². The lowest BCUT2D eigenvalue weighted by Crippen LogP contribution is -2.23. The van der Waals surface area contributed by atoms with Gasteiger partial charge in [-0.1, -0.05) is 19.9 Å².